The molecule has 0 spiro atoms. The van der Waals surface area contributed by atoms with Crippen LogP contribution >= 0.6 is 15.9 Å². The minimum Gasteiger partial charge on any atom is -1.00 e. The molecule has 0 aliphatic heterocycles. The largest absolute Gasteiger partial charge is 1.00 e. The SMILES string of the molecule is O=S(=O)(O)Cc1ccccc1Br.[H-].[Na+]. The Morgan fingerprint density at radius 2 is 1.92 bits per heavy atom. The number of halogens is 1. The predicted octanol–water partition coefficient (Wildman–Crippen LogP) is -1.05. The van der Waals surface area contributed by atoms with Crippen LogP contribution in [0.4, 0.5) is 0 Å². The maximum absolute atomic E-state index is 10.5. The van der Waals surface area contributed by atoms with Crippen LogP contribution in [0.1, 0.15) is 6.99 Å². The molecule has 0 bridgehead atoms. The second-order valence-electron chi connectivity index (χ2n) is 2.32. The molecule has 1 rings (SSSR count). The Bertz CT molecular complexity index is 382. The zero-order chi connectivity index (χ0) is 9.19. The summed E-state index contributed by atoms with van der Waals surface area (Å²) in [6, 6.07) is 6.85. The van der Waals surface area contributed by atoms with Crippen molar-refractivity contribution in [2.24, 2.45) is 0 Å². The van der Waals surface area contributed by atoms with E-state index in [0.717, 1.165) is 0 Å². The van der Waals surface area contributed by atoms with Crippen LogP contribution in [-0.2, 0) is 15.9 Å². The molecule has 3 nitrogen and oxygen atoms in total. The molecule has 0 fully saturated rings. The molecule has 0 heterocycles. The summed E-state index contributed by atoms with van der Waals surface area (Å²) in [5.41, 5.74) is 0.556. The van der Waals surface area contributed by atoms with E-state index in [-0.39, 0.29) is 36.7 Å². The summed E-state index contributed by atoms with van der Waals surface area (Å²) in [5, 5.41) is 0. The van der Waals surface area contributed by atoms with Gasteiger partial charge in [-0.15, -0.1) is 0 Å². The van der Waals surface area contributed by atoms with Gasteiger partial charge in [0.25, 0.3) is 10.1 Å². The Morgan fingerprint density at radius 1 is 1.38 bits per heavy atom. The van der Waals surface area contributed by atoms with Gasteiger partial charge in [0, 0.05) is 4.47 Å². The molecule has 0 amide bonds. The molecule has 0 radical (unpaired) electrons. The Balaban J connectivity index is 0. The molecule has 1 N–H and O–H groups in total. The van der Waals surface area contributed by atoms with E-state index >= 15 is 0 Å². The minimum atomic E-state index is -3.93. The van der Waals surface area contributed by atoms with Crippen LogP contribution in [0.5, 0.6) is 0 Å². The zero-order valence-electron chi connectivity index (χ0n) is 8.07. The number of benzene rings is 1. The van der Waals surface area contributed by atoms with Crippen LogP contribution in [0.25, 0.3) is 0 Å². The topological polar surface area (TPSA) is 54.4 Å². The minimum absolute atomic E-state index is 0. The standard InChI is InChI=1S/C7H7BrO3S.Na.H/c8-7-4-2-1-3-6(7)5-12(9,10)11;;/h1-4H,5H2,(H,9,10,11);;/q;+1;-1. The second kappa shape index (κ2) is 5.48. The van der Waals surface area contributed by atoms with E-state index in [1.807, 2.05) is 0 Å². The van der Waals surface area contributed by atoms with Crippen molar-refractivity contribution in [1.29, 1.82) is 0 Å². The summed E-state index contributed by atoms with van der Waals surface area (Å²) >= 11 is 3.17. The van der Waals surface area contributed by atoms with E-state index in [1.165, 1.54) is 0 Å². The first kappa shape index (κ1) is 13.6. The van der Waals surface area contributed by atoms with Gasteiger partial charge in [0.2, 0.25) is 0 Å². The van der Waals surface area contributed by atoms with Crippen molar-refractivity contribution in [3.05, 3.63) is 34.3 Å². The predicted molar refractivity (Wildman–Crippen MR) is 50.5 cm³/mol. The molecule has 0 unspecified atom stereocenters. The van der Waals surface area contributed by atoms with Crippen LogP contribution in [-0.4, -0.2) is 13.0 Å². The van der Waals surface area contributed by atoms with Gasteiger partial charge in [0.1, 0.15) is 5.75 Å². The second-order valence-corrected chi connectivity index (χ2v) is 4.62. The van der Waals surface area contributed by atoms with Gasteiger partial charge in [-0.05, 0) is 11.6 Å². The maximum Gasteiger partial charge on any atom is 1.00 e. The van der Waals surface area contributed by atoms with Crippen molar-refractivity contribution in [2.45, 2.75) is 5.75 Å². The van der Waals surface area contributed by atoms with Crippen molar-refractivity contribution in [3.63, 3.8) is 0 Å². The molecule has 0 aliphatic carbocycles. The third-order valence-corrected chi connectivity index (χ3v) is 2.75. The molecule has 0 saturated heterocycles. The summed E-state index contributed by atoms with van der Waals surface area (Å²) in [5.74, 6) is -0.353. The van der Waals surface area contributed by atoms with Gasteiger partial charge < -0.3 is 1.43 Å². The molecule has 0 aromatic heterocycles. The zero-order valence-corrected chi connectivity index (χ0v) is 11.5. The van der Waals surface area contributed by atoms with Crippen molar-refractivity contribution < 1.29 is 44.0 Å². The quantitative estimate of drug-likeness (QED) is 0.554. The van der Waals surface area contributed by atoms with Crippen molar-refractivity contribution >= 4 is 26.0 Å². The fourth-order valence-corrected chi connectivity index (χ4v) is 2.07. The van der Waals surface area contributed by atoms with Crippen LogP contribution in [0.3, 0.4) is 0 Å². The van der Waals surface area contributed by atoms with Gasteiger partial charge in [-0.25, -0.2) is 0 Å². The fraction of sp³-hybridized carbons (Fsp3) is 0.143. The van der Waals surface area contributed by atoms with Gasteiger partial charge in [-0.2, -0.15) is 8.42 Å². The van der Waals surface area contributed by atoms with Crippen molar-refractivity contribution in [2.75, 3.05) is 0 Å². The van der Waals surface area contributed by atoms with Gasteiger partial charge in [-0.1, -0.05) is 34.1 Å². The monoisotopic (exact) mass is 274 g/mol. The van der Waals surface area contributed by atoms with E-state index in [2.05, 4.69) is 15.9 Å². The number of rotatable bonds is 2. The summed E-state index contributed by atoms with van der Waals surface area (Å²) in [6.07, 6.45) is 0. The van der Waals surface area contributed by atoms with Gasteiger partial charge in [0.05, 0.1) is 0 Å². The van der Waals surface area contributed by atoms with Crippen molar-refractivity contribution in [3.8, 4) is 0 Å². The van der Waals surface area contributed by atoms with E-state index in [1.54, 1.807) is 24.3 Å². The summed E-state index contributed by atoms with van der Waals surface area (Å²) < 4.78 is 30.2. The average molecular weight is 275 g/mol. The van der Waals surface area contributed by atoms with Gasteiger partial charge >= 0.3 is 29.6 Å². The number of hydrogen-bond donors (Lipinski definition) is 1. The average Bonchev–Trinajstić information content (AvgIpc) is 1.91. The Morgan fingerprint density at radius 3 is 2.38 bits per heavy atom. The third kappa shape index (κ3) is 5.15. The molecule has 1 aromatic rings. The molecular weight excluding hydrogens is 267 g/mol. The van der Waals surface area contributed by atoms with Crippen molar-refractivity contribution in [1.82, 2.24) is 0 Å². The first-order chi connectivity index (χ1) is 5.49. The van der Waals surface area contributed by atoms with E-state index in [9.17, 15) is 8.42 Å². The number of hydrogen-bond acceptors (Lipinski definition) is 2. The maximum atomic E-state index is 10.5. The normalized spacial score (nSPS) is 10.6. The molecule has 68 valence electrons. The fourth-order valence-electron chi connectivity index (χ4n) is 0.812. The van der Waals surface area contributed by atoms with E-state index in [0.29, 0.717) is 10.0 Å². The van der Waals surface area contributed by atoms with Gasteiger partial charge in [0.15, 0.2) is 0 Å². The molecular formula is C7H8BrNaO3S. The molecule has 0 aliphatic rings. The first-order valence-electron chi connectivity index (χ1n) is 3.17. The van der Waals surface area contributed by atoms with E-state index in [4.69, 9.17) is 4.55 Å². The molecule has 13 heavy (non-hydrogen) atoms. The smallest absolute Gasteiger partial charge is 1.00 e. The summed E-state index contributed by atoms with van der Waals surface area (Å²) in [7, 11) is -3.93. The molecule has 1 aromatic carbocycles. The van der Waals surface area contributed by atoms with Crippen LogP contribution in [0.15, 0.2) is 28.7 Å². The van der Waals surface area contributed by atoms with Crippen LogP contribution in [0.2, 0.25) is 0 Å². The first-order valence-corrected chi connectivity index (χ1v) is 5.58. The molecule has 0 saturated carbocycles. The Labute approximate surface area is 109 Å². The van der Waals surface area contributed by atoms with Crippen LogP contribution < -0.4 is 29.6 Å². The summed E-state index contributed by atoms with van der Waals surface area (Å²) in [4.78, 5) is 0. The van der Waals surface area contributed by atoms with Crippen LogP contribution in [0, 0.1) is 0 Å². The Hall–Kier alpha value is 0.610. The van der Waals surface area contributed by atoms with E-state index < -0.39 is 10.1 Å². The molecule has 6 heteroatoms. The summed E-state index contributed by atoms with van der Waals surface area (Å²) in [6.45, 7) is 0. The van der Waals surface area contributed by atoms with Gasteiger partial charge in [-0.3, -0.25) is 4.55 Å². The third-order valence-electron chi connectivity index (χ3n) is 1.30. The molecule has 0 atom stereocenters. The Kier molecular flexibility index (Phi) is 5.74.